The molecule has 0 bridgehead atoms. The van der Waals surface area contributed by atoms with Gasteiger partial charge in [-0.05, 0) is 0 Å². The van der Waals surface area contributed by atoms with Gasteiger partial charge in [0, 0.05) is 19.6 Å². The standard InChI is InChI=1S/C4H13N2O4P/c5-1-2-6-3-4-10-11(7,8)9/h6H,1-5H2,(H2,7,8,9). The summed E-state index contributed by atoms with van der Waals surface area (Å²) >= 11 is 0. The number of hydrogen-bond acceptors (Lipinski definition) is 4. The summed E-state index contributed by atoms with van der Waals surface area (Å²) in [5, 5.41) is 2.81. The van der Waals surface area contributed by atoms with Crippen LogP contribution in [0.1, 0.15) is 0 Å². The van der Waals surface area contributed by atoms with Crippen LogP contribution >= 0.6 is 7.82 Å². The van der Waals surface area contributed by atoms with E-state index in [1.54, 1.807) is 0 Å². The number of rotatable bonds is 6. The summed E-state index contributed by atoms with van der Waals surface area (Å²) in [5.41, 5.74) is 5.14. The third kappa shape index (κ3) is 10.0. The Kier molecular flexibility index (Phi) is 5.67. The van der Waals surface area contributed by atoms with E-state index >= 15 is 0 Å². The predicted molar refractivity (Wildman–Crippen MR) is 39.9 cm³/mol. The maximum atomic E-state index is 10.1. The van der Waals surface area contributed by atoms with Crippen molar-refractivity contribution in [1.82, 2.24) is 5.32 Å². The molecular formula is C4H13N2O4P. The van der Waals surface area contributed by atoms with E-state index in [0.717, 1.165) is 0 Å². The van der Waals surface area contributed by atoms with Gasteiger partial charge in [0.15, 0.2) is 0 Å². The van der Waals surface area contributed by atoms with Crippen LogP contribution in [-0.2, 0) is 9.09 Å². The van der Waals surface area contributed by atoms with Gasteiger partial charge in [-0.2, -0.15) is 0 Å². The average molecular weight is 184 g/mol. The molecule has 68 valence electrons. The third-order valence-corrected chi connectivity index (χ3v) is 1.38. The molecule has 0 aliphatic heterocycles. The van der Waals surface area contributed by atoms with Crippen LogP contribution in [0, 0.1) is 0 Å². The minimum Gasteiger partial charge on any atom is -0.329 e. The predicted octanol–water partition coefficient (Wildman–Crippen LogP) is -1.36. The molecule has 0 aromatic carbocycles. The molecule has 0 heterocycles. The van der Waals surface area contributed by atoms with Crippen molar-refractivity contribution in [3.63, 3.8) is 0 Å². The van der Waals surface area contributed by atoms with E-state index < -0.39 is 7.82 Å². The van der Waals surface area contributed by atoms with Gasteiger partial charge in [0.05, 0.1) is 6.61 Å². The maximum absolute atomic E-state index is 10.1. The van der Waals surface area contributed by atoms with Crippen LogP contribution in [0.2, 0.25) is 0 Å². The Morgan fingerprint density at radius 1 is 1.45 bits per heavy atom. The van der Waals surface area contributed by atoms with Crippen LogP contribution in [0.4, 0.5) is 0 Å². The molecule has 6 nitrogen and oxygen atoms in total. The Hall–Kier alpha value is 0.0300. The lowest BCUT2D eigenvalue weighted by Gasteiger charge is -2.04. The number of nitrogens with two attached hydrogens (primary N) is 1. The molecule has 0 amide bonds. The highest BCUT2D eigenvalue weighted by atomic mass is 31.2. The molecule has 0 aliphatic rings. The van der Waals surface area contributed by atoms with Gasteiger partial charge < -0.3 is 20.8 Å². The minimum absolute atomic E-state index is 0.00965. The molecule has 0 atom stereocenters. The highest BCUT2D eigenvalue weighted by Gasteiger charge is 2.11. The zero-order valence-electron chi connectivity index (χ0n) is 6.06. The first kappa shape index (κ1) is 11.0. The van der Waals surface area contributed by atoms with Crippen LogP contribution in [0.5, 0.6) is 0 Å². The minimum atomic E-state index is -4.29. The van der Waals surface area contributed by atoms with Crippen molar-refractivity contribution >= 4 is 7.82 Å². The summed E-state index contributed by atoms with van der Waals surface area (Å²) < 4.78 is 14.2. The van der Waals surface area contributed by atoms with E-state index in [2.05, 4.69) is 9.84 Å². The second-order valence-corrected chi connectivity index (χ2v) is 3.10. The summed E-state index contributed by atoms with van der Waals surface area (Å²) in [6.07, 6.45) is 0. The molecule has 7 heteroatoms. The molecule has 5 N–H and O–H groups in total. The number of phosphoric acid groups is 1. The molecule has 0 fully saturated rings. The van der Waals surface area contributed by atoms with Crippen LogP contribution in [0.15, 0.2) is 0 Å². The second kappa shape index (κ2) is 5.65. The molecule has 0 aromatic heterocycles. The molecular weight excluding hydrogens is 171 g/mol. The molecule has 0 aromatic rings. The first-order valence-electron chi connectivity index (χ1n) is 3.17. The van der Waals surface area contributed by atoms with Gasteiger partial charge >= 0.3 is 7.82 Å². The zero-order chi connectivity index (χ0) is 8.74. The van der Waals surface area contributed by atoms with Crippen molar-refractivity contribution in [3.05, 3.63) is 0 Å². The smallest absolute Gasteiger partial charge is 0.329 e. The quantitative estimate of drug-likeness (QED) is 0.300. The average Bonchev–Trinajstić information content (AvgIpc) is 1.85. The van der Waals surface area contributed by atoms with Crippen LogP contribution in [0.3, 0.4) is 0 Å². The van der Waals surface area contributed by atoms with Gasteiger partial charge in [0.1, 0.15) is 0 Å². The Balaban J connectivity index is 3.09. The van der Waals surface area contributed by atoms with Crippen molar-refractivity contribution in [1.29, 1.82) is 0 Å². The van der Waals surface area contributed by atoms with Gasteiger partial charge in [-0.25, -0.2) is 4.57 Å². The Bertz CT molecular complexity index is 136. The van der Waals surface area contributed by atoms with Crippen molar-refractivity contribution < 1.29 is 18.9 Å². The molecule has 0 saturated heterocycles. The van der Waals surface area contributed by atoms with Crippen molar-refractivity contribution in [2.75, 3.05) is 26.2 Å². The van der Waals surface area contributed by atoms with Crippen molar-refractivity contribution in [3.8, 4) is 0 Å². The van der Waals surface area contributed by atoms with Gasteiger partial charge in [-0.15, -0.1) is 0 Å². The van der Waals surface area contributed by atoms with Crippen molar-refractivity contribution in [2.45, 2.75) is 0 Å². The maximum Gasteiger partial charge on any atom is 0.469 e. The Labute approximate surface area is 65.0 Å². The fourth-order valence-electron chi connectivity index (χ4n) is 0.464. The summed E-state index contributed by atoms with van der Waals surface area (Å²) in [6, 6.07) is 0. The highest BCUT2D eigenvalue weighted by molar-refractivity contribution is 7.46. The summed E-state index contributed by atoms with van der Waals surface area (Å²) in [7, 11) is -4.29. The molecule has 0 saturated carbocycles. The van der Waals surface area contributed by atoms with Gasteiger partial charge in [-0.3, -0.25) is 4.52 Å². The lowest BCUT2D eigenvalue weighted by atomic mass is 10.6. The number of hydrogen-bond donors (Lipinski definition) is 4. The fraction of sp³-hybridized carbons (Fsp3) is 1.00. The van der Waals surface area contributed by atoms with Crippen LogP contribution in [0.25, 0.3) is 0 Å². The van der Waals surface area contributed by atoms with E-state index in [4.69, 9.17) is 15.5 Å². The highest BCUT2D eigenvalue weighted by Crippen LogP contribution is 2.34. The molecule has 0 radical (unpaired) electrons. The molecule has 0 aliphatic carbocycles. The second-order valence-electron chi connectivity index (χ2n) is 1.86. The fourth-order valence-corrected chi connectivity index (χ4v) is 0.793. The summed E-state index contributed by atoms with van der Waals surface area (Å²) in [5.74, 6) is 0. The normalized spacial score (nSPS) is 11.9. The molecule has 0 spiro atoms. The summed E-state index contributed by atoms with van der Waals surface area (Å²) in [4.78, 5) is 16.4. The monoisotopic (exact) mass is 184 g/mol. The largest absolute Gasteiger partial charge is 0.469 e. The van der Waals surface area contributed by atoms with Crippen LogP contribution < -0.4 is 11.1 Å². The zero-order valence-corrected chi connectivity index (χ0v) is 6.96. The topological polar surface area (TPSA) is 105 Å². The van der Waals surface area contributed by atoms with E-state index in [0.29, 0.717) is 19.6 Å². The Morgan fingerprint density at radius 2 is 2.09 bits per heavy atom. The first-order valence-corrected chi connectivity index (χ1v) is 4.70. The lowest BCUT2D eigenvalue weighted by molar-refractivity contribution is 0.198. The first-order chi connectivity index (χ1) is 5.06. The number of nitrogens with one attached hydrogen (secondary N) is 1. The van der Waals surface area contributed by atoms with E-state index in [9.17, 15) is 4.57 Å². The molecule has 0 rings (SSSR count). The van der Waals surface area contributed by atoms with E-state index in [1.807, 2.05) is 0 Å². The van der Waals surface area contributed by atoms with Gasteiger partial charge in [0.2, 0.25) is 0 Å². The van der Waals surface area contributed by atoms with Crippen LogP contribution in [-0.4, -0.2) is 36.0 Å². The Morgan fingerprint density at radius 3 is 2.55 bits per heavy atom. The molecule has 0 unspecified atom stereocenters. The third-order valence-electron chi connectivity index (χ3n) is 0.859. The van der Waals surface area contributed by atoms with Gasteiger partial charge in [0.25, 0.3) is 0 Å². The van der Waals surface area contributed by atoms with E-state index in [1.165, 1.54) is 0 Å². The number of phosphoric ester groups is 1. The molecule has 11 heavy (non-hydrogen) atoms. The summed E-state index contributed by atoms with van der Waals surface area (Å²) in [6.45, 7) is 1.49. The van der Waals surface area contributed by atoms with Gasteiger partial charge in [-0.1, -0.05) is 0 Å². The van der Waals surface area contributed by atoms with Crippen molar-refractivity contribution in [2.24, 2.45) is 5.73 Å². The lowest BCUT2D eigenvalue weighted by Crippen LogP contribution is -2.25. The van der Waals surface area contributed by atoms with E-state index in [-0.39, 0.29) is 6.61 Å². The SMILES string of the molecule is NCCNCCOP(=O)(O)O.